The molecule has 0 spiro atoms. The molecule has 0 aliphatic carbocycles. The smallest absolute Gasteiger partial charge is 0.311 e. The Morgan fingerprint density at radius 1 is 1.33 bits per heavy atom. The monoisotopic (exact) mass is 260 g/mol. The van der Waals surface area contributed by atoms with Gasteiger partial charge in [-0.3, -0.25) is 4.79 Å². The summed E-state index contributed by atoms with van der Waals surface area (Å²) in [6.07, 6.45) is -0.216. The molecule has 0 aliphatic heterocycles. The molecule has 0 aromatic carbocycles. The van der Waals surface area contributed by atoms with E-state index < -0.39 is 11.5 Å². The largest absolute Gasteiger partial charge is 0.462 e. The van der Waals surface area contributed by atoms with E-state index in [2.05, 4.69) is 6.58 Å². The van der Waals surface area contributed by atoms with Gasteiger partial charge in [-0.15, -0.1) is 0 Å². The van der Waals surface area contributed by atoms with Crippen molar-refractivity contribution in [1.29, 1.82) is 0 Å². The van der Waals surface area contributed by atoms with E-state index >= 15 is 0 Å². The van der Waals surface area contributed by atoms with Crippen LogP contribution in [-0.4, -0.2) is 37.0 Å². The molecule has 0 aromatic rings. The molecular formula is C13H24O5. The van der Waals surface area contributed by atoms with Crippen molar-refractivity contribution in [3.8, 4) is 0 Å². The van der Waals surface area contributed by atoms with E-state index in [0.717, 1.165) is 5.57 Å². The van der Waals surface area contributed by atoms with E-state index in [1.165, 1.54) is 0 Å². The molecule has 5 heteroatoms. The molecule has 106 valence electrons. The molecular weight excluding hydrogens is 236 g/mol. The van der Waals surface area contributed by atoms with Crippen molar-refractivity contribution in [2.75, 3.05) is 19.8 Å². The fourth-order valence-corrected chi connectivity index (χ4v) is 0.829. The normalized spacial score (nSPS) is 13.2. The minimum absolute atomic E-state index is 0.0485. The first-order valence-corrected chi connectivity index (χ1v) is 6.03. The van der Waals surface area contributed by atoms with Crippen molar-refractivity contribution in [2.24, 2.45) is 5.41 Å². The van der Waals surface area contributed by atoms with Crippen LogP contribution in [0.25, 0.3) is 0 Å². The molecule has 0 radical (unpaired) electrons. The molecule has 0 saturated heterocycles. The molecule has 0 bridgehead atoms. The van der Waals surface area contributed by atoms with Crippen LogP contribution in [0, 0.1) is 5.41 Å². The van der Waals surface area contributed by atoms with Gasteiger partial charge in [-0.25, -0.2) is 9.78 Å². The summed E-state index contributed by atoms with van der Waals surface area (Å²) in [6, 6.07) is 0. The van der Waals surface area contributed by atoms with Crippen LogP contribution < -0.4 is 0 Å². The Morgan fingerprint density at radius 2 is 1.94 bits per heavy atom. The quantitative estimate of drug-likeness (QED) is 0.225. The molecule has 0 saturated carbocycles. The lowest BCUT2D eigenvalue weighted by Gasteiger charge is -2.21. The van der Waals surface area contributed by atoms with Gasteiger partial charge in [0.05, 0.1) is 5.41 Å². The van der Waals surface area contributed by atoms with Crippen molar-refractivity contribution < 1.29 is 24.4 Å². The lowest BCUT2D eigenvalue weighted by Crippen LogP contribution is -2.30. The Kier molecular flexibility index (Phi) is 7.82. The summed E-state index contributed by atoms with van der Waals surface area (Å²) in [6.45, 7) is 11.1. The van der Waals surface area contributed by atoms with Gasteiger partial charge in [0, 0.05) is 0 Å². The average molecular weight is 260 g/mol. The van der Waals surface area contributed by atoms with E-state index in [1.54, 1.807) is 20.8 Å². The van der Waals surface area contributed by atoms with Gasteiger partial charge in [0.25, 0.3) is 0 Å². The third-order valence-corrected chi connectivity index (χ3v) is 2.49. The van der Waals surface area contributed by atoms with E-state index in [4.69, 9.17) is 14.5 Å². The minimum Gasteiger partial charge on any atom is -0.462 e. The number of hydrogen-bond acceptors (Lipinski definition) is 5. The second-order valence-corrected chi connectivity index (χ2v) is 4.99. The van der Waals surface area contributed by atoms with Crippen LogP contribution in [0.15, 0.2) is 12.2 Å². The zero-order chi connectivity index (χ0) is 14.2. The molecule has 0 rings (SSSR count). The number of aliphatic hydroxyl groups is 1. The molecule has 0 aliphatic rings. The summed E-state index contributed by atoms with van der Waals surface area (Å²) in [7, 11) is 0. The van der Waals surface area contributed by atoms with Gasteiger partial charge in [0.1, 0.15) is 25.9 Å². The summed E-state index contributed by atoms with van der Waals surface area (Å²) in [5.41, 5.74) is 0.289. The highest BCUT2D eigenvalue weighted by Crippen LogP contribution is 2.21. The van der Waals surface area contributed by atoms with E-state index in [0.29, 0.717) is 6.42 Å². The SMILES string of the molecule is C=C(C)COOCC(O)COC(=O)C(C)(C)CC. The summed E-state index contributed by atoms with van der Waals surface area (Å²) in [5, 5.41) is 9.50. The maximum atomic E-state index is 11.6. The topological polar surface area (TPSA) is 65.0 Å². The highest BCUT2D eigenvalue weighted by atomic mass is 17.2. The fraction of sp³-hybridized carbons (Fsp3) is 0.769. The molecule has 18 heavy (non-hydrogen) atoms. The van der Waals surface area contributed by atoms with Gasteiger partial charge in [-0.1, -0.05) is 19.1 Å². The molecule has 5 nitrogen and oxygen atoms in total. The lowest BCUT2D eigenvalue weighted by molar-refractivity contribution is -0.300. The van der Waals surface area contributed by atoms with Gasteiger partial charge in [0.15, 0.2) is 0 Å². The number of carbonyl (C=O) groups excluding carboxylic acids is 1. The van der Waals surface area contributed by atoms with Crippen LogP contribution in [0.2, 0.25) is 0 Å². The Hall–Kier alpha value is -0.910. The van der Waals surface area contributed by atoms with Crippen LogP contribution >= 0.6 is 0 Å². The van der Waals surface area contributed by atoms with Gasteiger partial charge in [-0.2, -0.15) is 0 Å². The Bertz CT molecular complexity index is 273. The maximum absolute atomic E-state index is 11.6. The third-order valence-electron chi connectivity index (χ3n) is 2.49. The Labute approximate surface area is 109 Å². The lowest BCUT2D eigenvalue weighted by atomic mass is 9.91. The molecule has 0 amide bonds. The summed E-state index contributed by atoms with van der Waals surface area (Å²) in [5.74, 6) is -0.327. The van der Waals surface area contributed by atoms with Gasteiger partial charge >= 0.3 is 5.97 Å². The molecule has 1 unspecified atom stereocenters. The maximum Gasteiger partial charge on any atom is 0.311 e. The number of ether oxygens (including phenoxy) is 1. The van der Waals surface area contributed by atoms with Crippen molar-refractivity contribution >= 4 is 5.97 Å². The van der Waals surface area contributed by atoms with Crippen LogP contribution in [0.1, 0.15) is 34.1 Å². The summed E-state index contributed by atoms with van der Waals surface area (Å²) >= 11 is 0. The van der Waals surface area contributed by atoms with Crippen molar-refractivity contribution in [2.45, 2.75) is 40.2 Å². The minimum atomic E-state index is -0.897. The first kappa shape index (κ1) is 17.1. The second kappa shape index (κ2) is 8.24. The standard InChI is InChI=1S/C13H24O5/c1-6-13(4,5)12(15)16-8-11(14)9-18-17-7-10(2)3/h11,14H,2,6-9H2,1,3-5H3. The van der Waals surface area contributed by atoms with Crippen molar-refractivity contribution in [3.05, 3.63) is 12.2 Å². The number of aliphatic hydroxyl groups excluding tert-OH is 1. The number of carbonyl (C=O) groups is 1. The van der Waals surface area contributed by atoms with Gasteiger partial charge in [0.2, 0.25) is 0 Å². The first-order chi connectivity index (χ1) is 8.29. The van der Waals surface area contributed by atoms with E-state index in [9.17, 15) is 9.90 Å². The number of esters is 1. The Balaban J connectivity index is 3.73. The van der Waals surface area contributed by atoms with Gasteiger partial charge in [-0.05, 0) is 27.2 Å². The van der Waals surface area contributed by atoms with Gasteiger partial charge < -0.3 is 9.84 Å². The van der Waals surface area contributed by atoms with E-state index in [-0.39, 0.29) is 25.8 Å². The predicted molar refractivity (Wildman–Crippen MR) is 67.8 cm³/mol. The van der Waals surface area contributed by atoms with Crippen LogP contribution in [0.5, 0.6) is 0 Å². The van der Waals surface area contributed by atoms with Crippen LogP contribution in [-0.2, 0) is 19.3 Å². The highest BCUT2D eigenvalue weighted by Gasteiger charge is 2.27. The van der Waals surface area contributed by atoms with Crippen molar-refractivity contribution in [3.63, 3.8) is 0 Å². The van der Waals surface area contributed by atoms with Crippen LogP contribution in [0.3, 0.4) is 0 Å². The molecule has 1 N–H and O–H groups in total. The molecule has 0 aromatic heterocycles. The highest BCUT2D eigenvalue weighted by molar-refractivity contribution is 5.75. The summed E-state index contributed by atoms with van der Waals surface area (Å²) < 4.78 is 5.00. The van der Waals surface area contributed by atoms with Crippen molar-refractivity contribution in [1.82, 2.24) is 0 Å². The van der Waals surface area contributed by atoms with E-state index in [1.807, 2.05) is 6.92 Å². The zero-order valence-electron chi connectivity index (χ0n) is 11.7. The molecule has 0 fully saturated rings. The predicted octanol–water partition coefficient (Wildman–Crippen LogP) is 1.85. The second-order valence-electron chi connectivity index (χ2n) is 4.99. The van der Waals surface area contributed by atoms with Crippen LogP contribution in [0.4, 0.5) is 0 Å². The first-order valence-electron chi connectivity index (χ1n) is 6.03. The fourth-order valence-electron chi connectivity index (χ4n) is 0.829. The Morgan fingerprint density at radius 3 is 2.44 bits per heavy atom. The molecule has 1 atom stereocenters. The number of rotatable bonds is 9. The molecule has 0 heterocycles. The average Bonchev–Trinajstić information content (AvgIpc) is 2.31. The third kappa shape index (κ3) is 7.42. The summed E-state index contributed by atoms with van der Waals surface area (Å²) in [4.78, 5) is 21.1. The zero-order valence-corrected chi connectivity index (χ0v) is 11.7. The number of hydrogen-bond donors (Lipinski definition) is 1.